The van der Waals surface area contributed by atoms with Gasteiger partial charge in [-0.25, -0.2) is 4.90 Å². The number of hydrogen-bond donors (Lipinski definition) is 0. The number of fused-ring (bicyclic) bond motifs is 1. The average molecular weight is 435 g/mol. The minimum atomic E-state index is -0.357. The fraction of sp³-hybridized carbons (Fsp3) is 0.0714. The number of nitrogens with zero attached hydrogens (tertiary/aromatic N) is 1. The van der Waals surface area contributed by atoms with Gasteiger partial charge in [-0.15, -0.1) is 0 Å². The Morgan fingerprint density at radius 2 is 0.970 bits per heavy atom. The molecule has 1 heterocycles. The predicted molar refractivity (Wildman–Crippen MR) is 126 cm³/mol. The van der Waals surface area contributed by atoms with Gasteiger partial charge in [0.15, 0.2) is 0 Å². The summed E-state index contributed by atoms with van der Waals surface area (Å²) in [6.45, 7) is 0.703. The van der Waals surface area contributed by atoms with Gasteiger partial charge in [0.2, 0.25) is 0 Å². The van der Waals surface area contributed by atoms with Crippen molar-refractivity contribution >= 4 is 17.5 Å². The Kier molecular flexibility index (Phi) is 5.60. The number of hydrogen-bond acceptors (Lipinski definition) is 4. The SMILES string of the molecule is O=C1c2ccccc2C(=O)N1c1cc(OCc2ccccc2)cc(OCc2ccccc2)c1. The molecule has 0 radical (unpaired) electrons. The summed E-state index contributed by atoms with van der Waals surface area (Å²) in [4.78, 5) is 27.2. The minimum Gasteiger partial charge on any atom is -0.489 e. The first-order chi connectivity index (χ1) is 16.2. The van der Waals surface area contributed by atoms with Crippen LogP contribution in [0.2, 0.25) is 0 Å². The van der Waals surface area contributed by atoms with E-state index in [1.165, 1.54) is 4.90 Å². The summed E-state index contributed by atoms with van der Waals surface area (Å²) in [5, 5.41) is 0. The zero-order chi connectivity index (χ0) is 22.6. The van der Waals surface area contributed by atoms with E-state index in [1.807, 2.05) is 60.7 Å². The van der Waals surface area contributed by atoms with Crippen molar-refractivity contribution in [3.05, 3.63) is 125 Å². The smallest absolute Gasteiger partial charge is 0.266 e. The van der Waals surface area contributed by atoms with Crippen LogP contribution in [0.15, 0.2) is 103 Å². The molecule has 0 fully saturated rings. The normalized spacial score (nSPS) is 12.5. The number of anilines is 1. The molecule has 5 rings (SSSR count). The maximum Gasteiger partial charge on any atom is 0.266 e. The van der Waals surface area contributed by atoms with Crippen LogP contribution in [0.3, 0.4) is 0 Å². The van der Waals surface area contributed by atoms with Crippen LogP contribution in [-0.4, -0.2) is 11.8 Å². The molecule has 0 saturated carbocycles. The quantitative estimate of drug-likeness (QED) is 0.352. The highest BCUT2D eigenvalue weighted by Crippen LogP contribution is 2.34. The number of rotatable bonds is 7. The number of carbonyl (C=O) groups excluding carboxylic acids is 2. The van der Waals surface area contributed by atoms with Gasteiger partial charge >= 0.3 is 0 Å². The second kappa shape index (κ2) is 9.01. The maximum atomic E-state index is 13.0. The average Bonchev–Trinajstić information content (AvgIpc) is 3.12. The van der Waals surface area contributed by atoms with Gasteiger partial charge in [0.1, 0.15) is 24.7 Å². The summed E-state index contributed by atoms with van der Waals surface area (Å²) in [6, 6.07) is 31.6. The summed E-state index contributed by atoms with van der Waals surface area (Å²) in [6.07, 6.45) is 0. The molecule has 1 aliphatic rings. The summed E-state index contributed by atoms with van der Waals surface area (Å²) in [7, 11) is 0. The molecule has 0 atom stereocenters. The third kappa shape index (κ3) is 4.34. The molecule has 5 nitrogen and oxygen atoms in total. The highest BCUT2D eigenvalue weighted by Gasteiger charge is 2.36. The molecular formula is C28H21NO4. The zero-order valence-electron chi connectivity index (χ0n) is 17.8. The van der Waals surface area contributed by atoms with Crippen LogP contribution in [0, 0.1) is 0 Å². The topological polar surface area (TPSA) is 55.8 Å². The van der Waals surface area contributed by atoms with Crippen molar-refractivity contribution in [2.45, 2.75) is 13.2 Å². The van der Waals surface area contributed by atoms with E-state index in [4.69, 9.17) is 9.47 Å². The fourth-order valence-corrected chi connectivity index (χ4v) is 3.76. The second-order valence-electron chi connectivity index (χ2n) is 7.70. The van der Waals surface area contributed by atoms with E-state index in [0.717, 1.165) is 11.1 Å². The van der Waals surface area contributed by atoms with Gasteiger partial charge in [-0.1, -0.05) is 72.8 Å². The Balaban J connectivity index is 1.45. The van der Waals surface area contributed by atoms with E-state index in [-0.39, 0.29) is 11.8 Å². The third-order valence-electron chi connectivity index (χ3n) is 5.41. The van der Waals surface area contributed by atoms with Gasteiger partial charge in [-0.3, -0.25) is 9.59 Å². The van der Waals surface area contributed by atoms with Crippen molar-refractivity contribution in [3.8, 4) is 11.5 Å². The van der Waals surface area contributed by atoms with Crippen LogP contribution in [0.1, 0.15) is 31.8 Å². The molecule has 5 heteroatoms. The molecule has 0 aromatic heterocycles. The summed E-state index contributed by atoms with van der Waals surface area (Å²) in [5.41, 5.74) is 3.22. The van der Waals surface area contributed by atoms with Crippen LogP contribution in [-0.2, 0) is 13.2 Å². The second-order valence-corrected chi connectivity index (χ2v) is 7.70. The summed E-state index contributed by atoms with van der Waals surface area (Å²) in [5.74, 6) is 0.307. The molecule has 33 heavy (non-hydrogen) atoms. The van der Waals surface area contributed by atoms with Crippen molar-refractivity contribution in [2.24, 2.45) is 0 Å². The highest BCUT2D eigenvalue weighted by molar-refractivity contribution is 6.34. The Bertz CT molecular complexity index is 1210. The Morgan fingerprint density at radius 1 is 0.545 bits per heavy atom. The van der Waals surface area contributed by atoms with Crippen LogP contribution >= 0.6 is 0 Å². The van der Waals surface area contributed by atoms with Gasteiger partial charge in [-0.05, 0) is 23.3 Å². The van der Waals surface area contributed by atoms with Gasteiger partial charge in [0, 0.05) is 18.2 Å². The van der Waals surface area contributed by atoms with Gasteiger partial charge in [-0.2, -0.15) is 0 Å². The van der Waals surface area contributed by atoms with Gasteiger partial charge in [0.25, 0.3) is 11.8 Å². The third-order valence-corrected chi connectivity index (χ3v) is 5.41. The molecule has 162 valence electrons. The molecule has 4 aromatic carbocycles. The molecule has 0 unspecified atom stereocenters. The first-order valence-corrected chi connectivity index (χ1v) is 10.7. The van der Waals surface area contributed by atoms with E-state index >= 15 is 0 Å². The fourth-order valence-electron chi connectivity index (χ4n) is 3.76. The number of imide groups is 1. The van der Waals surface area contributed by atoms with E-state index in [2.05, 4.69) is 0 Å². The first-order valence-electron chi connectivity index (χ1n) is 10.7. The van der Waals surface area contributed by atoms with Crippen LogP contribution in [0.5, 0.6) is 11.5 Å². The molecule has 0 aliphatic carbocycles. The van der Waals surface area contributed by atoms with E-state index < -0.39 is 0 Å². The highest BCUT2D eigenvalue weighted by atomic mass is 16.5. The minimum absolute atomic E-state index is 0.352. The monoisotopic (exact) mass is 435 g/mol. The lowest BCUT2D eigenvalue weighted by atomic mass is 10.1. The molecule has 1 aliphatic heterocycles. The van der Waals surface area contributed by atoms with Gasteiger partial charge in [0.05, 0.1) is 16.8 Å². The number of ether oxygens (including phenoxy) is 2. The van der Waals surface area contributed by atoms with Crippen molar-refractivity contribution in [1.82, 2.24) is 0 Å². The van der Waals surface area contributed by atoms with Crippen LogP contribution in [0.4, 0.5) is 5.69 Å². The standard InChI is InChI=1S/C28H21NO4/c30-27-25-13-7-8-14-26(25)28(31)29(27)22-15-23(32-18-20-9-3-1-4-10-20)17-24(16-22)33-19-21-11-5-2-6-12-21/h1-17H,18-19H2. The van der Waals surface area contributed by atoms with Crippen LogP contribution in [0.25, 0.3) is 0 Å². The zero-order valence-corrected chi connectivity index (χ0v) is 17.8. The lowest BCUT2D eigenvalue weighted by Gasteiger charge is -2.18. The number of carbonyl (C=O) groups is 2. The largest absolute Gasteiger partial charge is 0.489 e. The van der Waals surface area contributed by atoms with E-state index in [9.17, 15) is 9.59 Å². The Morgan fingerprint density at radius 3 is 1.42 bits per heavy atom. The van der Waals surface area contributed by atoms with Crippen molar-refractivity contribution in [1.29, 1.82) is 0 Å². The van der Waals surface area contributed by atoms with E-state index in [0.29, 0.717) is 41.5 Å². The Labute approximate surface area is 191 Å². The number of amides is 2. The molecule has 0 bridgehead atoms. The van der Waals surface area contributed by atoms with Gasteiger partial charge < -0.3 is 9.47 Å². The summed E-state index contributed by atoms with van der Waals surface area (Å²) >= 11 is 0. The van der Waals surface area contributed by atoms with E-state index in [1.54, 1.807) is 42.5 Å². The molecule has 2 amide bonds. The molecule has 0 spiro atoms. The molecular weight excluding hydrogens is 414 g/mol. The predicted octanol–water partition coefficient (Wildman–Crippen LogP) is 5.65. The van der Waals surface area contributed by atoms with Crippen molar-refractivity contribution in [2.75, 3.05) is 4.90 Å². The summed E-state index contributed by atoms with van der Waals surface area (Å²) < 4.78 is 12.0. The Hall–Kier alpha value is -4.38. The number of benzene rings is 4. The lowest BCUT2D eigenvalue weighted by molar-refractivity contribution is 0.0926. The van der Waals surface area contributed by atoms with Crippen LogP contribution < -0.4 is 14.4 Å². The maximum absolute atomic E-state index is 13.0. The lowest BCUT2D eigenvalue weighted by Crippen LogP contribution is -2.29. The van der Waals surface area contributed by atoms with Crippen molar-refractivity contribution in [3.63, 3.8) is 0 Å². The molecule has 4 aromatic rings. The molecule has 0 saturated heterocycles. The molecule has 0 N–H and O–H groups in total. The van der Waals surface area contributed by atoms with Crippen molar-refractivity contribution < 1.29 is 19.1 Å². The first kappa shape index (κ1) is 20.5.